The fourth-order valence-electron chi connectivity index (χ4n) is 3.72. The molecule has 1 N–H and O–H groups in total. The molecule has 0 unspecified atom stereocenters. The van der Waals surface area contributed by atoms with E-state index in [0.717, 1.165) is 28.2 Å². The molecule has 1 saturated heterocycles. The SMILES string of the molecule is COc1ccc(/C=C2/S/C(=N/N3Cc4ccccc4N=C3c3ccccc3)NC2=O)cc1OC. The summed E-state index contributed by atoms with van der Waals surface area (Å²) in [5.41, 5.74) is 3.78. The minimum Gasteiger partial charge on any atom is -0.493 e. The number of nitrogens with one attached hydrogen (secondary N) is 1. The molecular weight excluding hydrogens is 448 g/mol. The van der Waals surface area contributed by atoms with E-state index in [4.69, 9.17) is 19.6 Å². The van der Waals surface area contributed by atoms with Crippen LogP contribution in [0.5, 0.6) is 11.5 Å². The van der Waals surface area contributed by atoms with Crippen molar-refractivity contribution in [1.82, 2.24) is 10.3 Å². The summed E-state index contributed by atoms with van der Waals surface area (Å²) >= 11 is 1.29. The number of hydrazone groups is 1. The van der Waals surface area contributed by atoms with Crippen molar-refractivity contribution in [3.8, 4) is 11.5 Å². The maximum atomic E-state index is 12.7. The van der Waals surface area contributed by atoms with Crippen molar-refractivity contribution < 1.29 is 14.3 Å². The van der Waals surface area contributed by atoms with Crippen LogP contribution in [0.1, 0.15) is 16.7 Å². The van der Waals surface area contributed by atoms with Crippen LogP contribution in [0.3, 0.4) is 0 Å². The van der Waals surface area contributed by atoms with Gasteiger partial charge in [-0.15, -0.1) is 5.10 Å². The van der Waals surface area contributed by atoms with Crippen molar-refractivity contribution in [3.05, 3.63) is 94.4 Å². The molecule has 3 aromatic carbocycles. The monoisotopic (exact) mass is 470 g/mol. The highest BCUT2D eigenvalue weighted by Crippen LogP contribution is 2.33. The van der Waals surface area contributed by atoms with Gasteiger partial charge >= 0.3 is 0 Å². The molecule has 0 radical (unpaired) electrons. The smallest absolute Gasteiger partial charge is 0.264 e. The number of fused-ring (bicyclic) bond motifs is 1. The van der Waals surface area contributed by atoms with Gasteiger partial charge in [0.1, 0.15) is 0 Å². The quantitative estimate of drug-likeness (QED) is 0.544. The third-order valence-electron chi connectivity index (χ3n) is 5.38. The normalized spacial score (nSPS) is 17.4. The second kappa shape index (κ2) is 9.44. The molecule has 2 heterocycles. The minimum absolute atomic E-state index is 0.200. The molecule has 3 aromatic rings. The first-order chi connectivity index (χ1) is 16.6. The zero-order valence-electron chi connectivity index (χ0n) is 18.7. The van der Waals surface area contributed by atoms with Gasteiger partial charge in [0.2, 0.25) is 0 Å². The van der Waals surface area contributed by atoms with E-state index in [1.165, 1.54) is 11.8 Å². The summed E-state index contributed by atoms with van der Waals surface area (Å²) in [6.45, 7) is 0.554. The fourth-order valence-corrected chi connectivity index (χ4v) is 4.55. The van der Waals surface area contributed by atoms with Crippen molar-refractivity contribution in [2.45, 2.75) is 6.54 Å². The van der Waals surface area contributed by atoms with Crippen LogP contribution in [0.2, 0.25) is 0 Å². The fraction of sp³-hybridized carbons (Fsp3) is 0.115. The van der Waals surface area contributed by atoms with Crippen LogP contribution in [0.15, 0.2) is 87.8 Å². The molecule has 1 amide bonds. The van der Waals surface area contributed by atoms with Gasteiger partial charge in [-0.3, -0.25) is 10.1 Å². The average Bonchev–Trinajstić information content (AvgIpc) is 3.22. The summed E-state index contributed by atoms with van der Waals surface area (Å²) in [7, 11) is 3.17. The number of para-hydroxylation sites is 1. The summed E-state index contributed by atoms with van der Waals surface area (Å²) in [6.07, 6.45) is 1.81. The highest BCUT2D eigenvalue weighted by Gasteiger charge is 2.27. The van der Waals surface area contributed by atoms with Crippen LogP contribution in [0.25, 0.3) is 6.08 Å². The van der Waals surface area contributed by atoms with E-state index in [9.17, 15) is 4.79 Å². The van der Waals surface area contributed by atoms with Gasteiger partial charge in [-0.25, -0.2) is 10.0 Å². The van der Waals surface area contributed by atoms with E-state index >= 15 is 0 Å². The molecule has 0 spiro atoms. The zero-order valence-corrected chi connectivity index (χ0v) is 19.5. The molecule has 1 fully saturated rings. The third-order valence-corrected chi connectivity index (χ3v) is 6.28. The molecule has 8 heteroatoms. The van der Waals surface area contributed by atoms with Crippen molar-refractivity contribution >= 4 is 40.4 Å². The van der Waals surface area contributed by atoms with E-state index in [0.29, 0.717) is 28.1 Å². The number of benzene rings is 3. The molecule has 5 rings (SSSR count). The summed E-state index contributed by atoms with van der Waals surface area (Å²) in [6, 6.07) is 23.4. The zero-order chi connectivity index (χ0) is 23.5. The lowest BCUT2D eigenvalue weighted by Gasteiger charge is -2.26. The number of nitrogens with zero attached hydrogens (tertiary/aromatic N) is 3. The second-order valence-electron chi connectivity index (χ2n) is 7.57. The highest BCUT2D eigenvalue weighted by molar-refractivity contribution is 8.18. The largest absolute Gasteiger partial charge is 0.493 e. The van der Waals surface area contributed by atoms with Gasteiger partial charge in [-0.2, -0.15) is 0 Å². The summed E-state index contributed by atoms with van der Waals surface area (Å²) in [5.74, 6) is 1.77. The number of carbonyl (C=O) groups excluding carboxylic acids is 1. The Morgan fingerprint density at radius 2 is 1.76 bits per heavy atom. The van der Waals surface area contributed by atoms with Gasteiger partial charge in [-0.1, -0.05) is 54.6 Å². The van der Waals surface area contributed by atoms with E-state index < -0.39 is 0 Å². The number of amidine groups is 2. The minimum atomic E-state index is -0.200. The van der Waals surface area contributed by atoms with Crippen LogP contribution < -0.4 is 14.8 Å². The number of hydrogen-bond acceptors (Lipinski definition) is 7. The topological polar surface area (TPSA) is 75.5 Å². The highest BCUT2D eigenvalue weighted by atomic mass is 32.2. The molecule has 0 aromatic heterocycles. The number of amides is 1. The molecule has 7 nitrogen and oxygen atoms in total. The molecule has 0 bridgehead atoms. The Balaban J connectivity index is 1.44. The Bertz CT molecular complexity index is 1330. The first-order valence-electron chi connectivity index (χ1n) is 10.7. The van der Waals surface area contributed by atoms with Crippen molar-refractivity contribution in [2.75, 3.05) is 14.2 Å². The summed E-state index contributed by atoms with van der Waals surface area (Å²) in [5, 5.41) is 9.96. The summed E-state index contributed by atoms with van der Waals surface area (Å²) < 4.78 is 10.7. The first-order valence-corrected chi connectivity index (χ1v) is 11.5. The molecule has 34 heavy (non-hydrogen) atoms. The van der Waals surface area contributed by atoms with Crippen LogP contribution in [-0.2, 0) is 11.3 Å². The van der Waals surface area contributed by atoms with Gasteiger partial charge in [0.05, 0.1) is 31.4 Å². The number of rotatable bonds is 5. The Hall–Kier alpha value is -4.04. The van der Waals surface area contributed by atoms with Crippen molar-refractivity contribution in [1.29, 1.82) is 0 Å². The average molecular weight is 471 g/mol. The van der Waals surface area contributed by atoms with Crippen molar-refractivity contribution in [3.63, 3.8) is 0 Å². The molecular formula is C26H22N4O3S. The van der Waals surface area contributed by atoms with Crippen LogP contribution in [-0.4, -0.2) is 36.1 Å². The van der Waals surface area contributed by atoms with E-state index in [-0.39, 0.29) is 5.91 Å². The lowest BCUT2D eigenvalue weighted by molar-refractivity contribution is -0.115. The Kier molecular flexibility index (Phi) is 6.05. The molecule has 0 saturated carbocycles. The lowest BCUT2D eigenvalue weighted by Crippen LogP contribution is -2.32. The van der Waals surface area contributed by atoms with E-state index in [2.05, 4.69) is 5.32 Å². The Labute approximate surface area is 201 Å². The maximum Gasteiger partial charge on any atom is 0.264 e. The Morgan fingerprint density at radius 1 is 1.00 bits per heavy atom. The standard InChI is InChI=1S/C26H22N4O3S/c1-32-21-13-12-17(14-22(21)33-2)15-23-25(31)28-26(34-23)29-30-16-19-10-6-7-11-20(19)27-24(30)18-8-4-3-5-9-18/h3-15H,16H2,1-2H3,(H,28,29,31)/b23-15+. The molecule has 0 aliphatic carbocycles. The van der Waals surface area contributed by atoms with E-state index in [1.54, 1.807) is 14.2 Å². The van der Waals surface area contributed by atoms with Crippen LogP contribution >= 0.6 is 11.8 Å². The van der Waals surface area contributed by atoms with Gasteiger partial charge in [-0.05, 0) is 47.2 Å². The number of hydrogen-bond donors (Lipinski definition) is 1. The Morgan fingerprint density at radius 3 is 2.56 bits per heavy atom. The molecule has 2 aliphatic heterocycles. The van der Waals surface area contributed by atoms with Crippen molar-refractivity contribution in [2.24, 2.45) is 10.1 Å². The molecule has 2 aliphatic rings. The number of carbonyl (C=O) groups is 1. The molecule has 0 atom stereocenters. The maximum absolute atomic E-state index is 12.7. The van der Waals surface area contributed by atoms with Gasteiger partial charge in [0.25, 0.3) is 5.91 Å². The van der Waals surface area contributed by atoms with Gasteiger partial charge < -0.3 is 9.47 Å². The second-order valence-corrected chi connectivity index (χ2v) is 8.60. The molecule has 170 valence electrons. The summed E-state index contributed by atoms with van der Waals surface area (Å²) in [4.78, 5) is 18.1. The predicted octanol–water partition coefficient (Wildman–Crippen LogP) is 4.77. The number of ether oxygens (including phenoxy) is 2. The third kappa shape index (κ3) is 4.40. The number of aliphatic imine (C=N–C) groups is 1. The van der Waals surface area contributed by atoms with E-state index in [1.807, 2.05) is 83.9 Å². The number of methoxy groups -OCH3 is 2. The van der Waals surface area contributed by atoms with Gasteiger partial charge in [0.15, 0.2) is 22.5 Å². The lowest BCUT2D eigenvalue weighted by atomic mass is 10.1. The van der Waals surface area contributed by atoms with Crippen LogP contribution in [0, 0.1) is 0 Å². The van der Waals surface area contributed by atoms with Gasteiger partial charge in [0, 0.05) is 5.56 Å². The van der Waals surface area contributed by atoms with Crippen LogP contribution in [0.4, 0.5) is 5.69 Å². The first kappa shape index (κ1) is 21.8. The predicted molar refractivity (Wildman–Crippen MR) is 135 cm³/mol. The number of thioether (sulfide) groups is 1.